The van der Waals surface area contributed by atoms with E-state index in [1.165, 1.54) is 11.8 Å². The van der Waals surface area contributed by atoms with E-state index in [1.54, 1.807) is 0 Å². The molecule has 0 aliphatic carbocycles. The lowest BCUT2D eigenvalue weighted by Gasteiger charge is -2.29. The van der Waals surface area contributed by atoms with Crippen molar-refractivity contribution < 1.29 is 4.79 Å². The van der Waals surface area contributed by atoms with Crippen LogP contribution in [0.5, 0.6) is 0 Å². The van der Waals surface area contributed by atoms with Crippen molar-refractivity contribution in [2.45, 2.75) is 50.4 Å². The first-order valence-corrected chi connectivity index (χ1v) is 11.2. The van der Waals surface area contributed by atoms with Gasteiger partial charge < -0.3 is 10.2 Å². The van der Waals surface area contributed by atoms with Gasteiger partial charge in [0.2, 0.25) is 0 Å². The molecule has 0 saturated carbocycles. The molecule has 29 heavy (non-hydrogen) atoms. The smallest absolute Gasteiger partial charge is 0.272 e. The summed E-state index contributed by atoms with van der Waals surface area (Å²) in [6.45, 7) is 8.27. The minimum absolute atomic E-state index is 0.106. The Hall–Kier alpha value is -2.19. The van der Waals surface area contributed by atoms with Crippen LogP contribution in [-0.2, 0) is 5.54 Å². The van der Waals surface area contributed by atoms with Crippen LogP contribution in [0.3, 0.4) is 0 Å². The fourth-order valence-corrected chi connectivity index (χ4v) is 4.17. The average Bonchev–Trinajstić information content (AvgIpc) is 3.10. The van der Waals surface area contributed by atoms with Crippen LogP contribution in [0.2, 0.25) is 0 Å². The van der Waals surface area contributed by atoms with Crippen molar-refractivity contribution >= 4 is 39.5 Å². The van der Waals surface area contributed by atoms with Gasteiger partial charge in [0.25, 0.3) is 5.91 Å². The van der Waals surface area contributed by atoms with Crippen LogP contribution in [0.15, 0.2) is 23.5 Å². The van der Waals surface area contributed by atoms with Crippen LogP contribution < -0.4 is 5.32 Å². The number of carbonyl (C=O) groups excluding carboxylic acids is 1. The highest BCUT2D eigenvalue weighted by molar-refractivity contribution is 7.98. The molecule has 1 aliphatic rings. The quantitative estimate of drug-likeness (QED) is 0.526. The summed E-state index contributed by atoms with van der Waals surface area (Å²) in [5.74, 6) is -0.106. The van der Waals surface area contributed by atoms with Crippen molar-refractivity contribution in [3.8, 4) is 0 Å². The summed E-state index contributed by atoms with van der Waals surface area (Å²) in [5, 5.41) is 10.5. The van der Waals surface area contributed by atoms with Crippen molar-refractivity contribution in [1.29, 1.82) is 0 Å². The van der Waals surface area contributed by atoms with Gasteiger partial charge in [-0.25, -0.2) is 9.97 Å². The third kappa shape index (κ3) is 3.83. The maximum atomic E-state index is 13.2. The summed E-state index contributed by atoms with van der Waals surface area (Å²) in [7, 11) is 2.12. The molecule has 2 aromatic heterocycles. The molecule has 0 bridgehead atoms. The fourth-order valence-electron chi connectivity index (χ4n) is 3.83. The molecule has 0 unspecified atom stereocenters. The molecular formula is C21H28N6OS. The van der Waals surface area contributed by atoms with Gasteiger partial charge in [0.1, 0.15) is 5.52 Å². The maximum absolute atomic E-state index is 13.2. The maximum Gasteiger partial charge on any atom is 0.272 e. The lowest BCUT2D eigenvalue weighted by Crippen LogP contribution is -2.43. The molecule has 1 saturated heterocycles. The number of fused-ring (bicyclic) bond motifs is 3. The van der Waals surface area contributed by atoms with Crippen molar-refractivity contribution in [2.24, 2.45) is 0 Å². The first kappa shape index (κ1) is 20.1. The molecule has 154 valence electrons. The molecule has 1 aliphatic heterocycles. The van der Waals surface area contributed by atoms with Crippen molar-refractivity contribution in [3.63, 3.8) is 0 Å². The van der Waals surface area contributed by atoms with Crippen molar-refractivity contribution in [1.82, 2.24) is 30.0 Å². The minimum Gasteiger partial charge on any atom is -0.348 e. The lowest BCUT2D eigenvalue weighted by atomic mass is 10.0. The van der Waals surface area contributed by atoms with Crippen molar-refractivity contribution in [3.05, 3.63) is 24.0 Å². The Kier molecular flexibility index (Phi) is 5.25. The normalized spacial score (nSPS) is 16.6. The average molecular weight is 413 g/mol. The van der Waals surface area contributed by atoms with Crippen LogP contribution in [0.1, 0.15) is 44.1 Å². The topological polar surface area (TPSA) is 75.9 Å². The Balaban J connectivity index is 1.82. The summed E-state index contributed by atoms with van der Waals surface area (Å²) in [5.41, 5.74) is 1.91. The minimum atomic E-state index is -0.289. The van der Waals surface area contributed by atoms with Gasteiger partial charge in [-0.05, 0) is 66.1 Å². The molecular weight excluding hydrogens is 384 g/mol. The number of thioether (sulfide) groups is 1. The standard InChI is InChI=1S/C21H28N6OS/c1-21(2,3)27-18-15(7-6-13-12-22-20(29-5)24-16(13)18)17(25-27)19(28)23-14-8-10-26(4)11-9-14/h6-7,12,14H,8-11H2,1-5H3,(H,23,28). The van der Waals surface area contributed by atoms with Crippen LogP contribution in [0.25, 0.3) is 21.8 Å². The van der Waals surface area contributed by atoms with E-state index in [0.29, 0.717) is 10.9 Å². The molecule has 3 heterocycles. The molecule has 1 amide bonds. The molecule has 1 N–H and O–H groups in total. The summed E-state index contributed by atoms with van der Waals surface area (Å²) in [4.78, 5) is 24.6. The molecule has 8 heteroatoms. The van der Waals surface area contributed by atoms with Crippen LogP contribution in [0, 0.1) is 0 Å². The van der Waals surface area contributed by atoms with E-state index in [2.05, 4.69) is 43.0 Å². The van der Waals surface area contributed by atoms with E-state index in [9.17, 15) is 4.79 Å². The Morgan fingerprint density at radius 3 is 2.62 bits per heavy atom. The number of benzene rings is 1. The van der Waals surface area contributed by atoms with E-state index in [0.717, 1.165) is 47.7 Å². The van der Waals surface area contributed by atoms with E-state index in [4.69, 9.17) is 10.1 Å². The monoisotopic (exact) mass is 412 g/mol. The van der Waals surface area contributed by atoms with E-state index in [-0.39, 0.29) is 17.5 Å². The molecule has 0 atom stereocenters. The number of carbonyl (C=O) groups is 1. The number of hydrogen-bond acceptors (Lipinski definition) is 6. The lowest BCUT2D eigenvalue weighted by molar-refractivity contribution is 0.0911. The van der Waals surface area contributed by atoms with Gasteiger partial charge in [-0.3, -0.25) is 9.48 Å². The number of rotatable bonds is 3. The zero-order valence-electron chi connectivity index (χ0n) is 17.7. The number of aromatic nitrogens is 4. The highest BCUT2D eigenvalue weighted by Gasteiger charge is 2.27. The van der Waals surface area contributed by atoms with Crippen LogP contribution in [-0.4, -0.2) is 63.0 Å². The molecule has 1 aromatic carbocycles. The molecule has 4 rings (SSSR count). The predicted octanol–water partition coefficient (Wildman–Crippen LogP) is 3.28. The van der Waals surface area contributed by atoms with Gasteiger partial charge >= 0.3 is 0 Å². The van der Waals surface area contributed by atoms with E-state index < -0.39 is 0 Å². The zero-order chi connectivity index (χ0) is 20.8. The first-order valence-electron chi connectivity index (χ1n) is 10.0. The SMILES string of the molecule is CSc1ncc2ccc3c(C(=O)NC4CCN(C)CC4)nn(C(C)(C)C)c3c2n1. The summed E-state index contributed by atoms with van der Waals surface area (Å²) in [6.07, 6.45) is 5.73. The third-order valence-electron chi connectivity index (χ3n) is 5.46. The molecule has 1 fully saturated rings. The van der Waals surface area contributed by atoms with Crippen LogP contribution >= 0.6 is 11.8 Å². The second-order valence-electron chi connectivity index (χ2n) is 8.74. The van der Waals surface area contributed by atoms with Gasteiger partial charge in [0.15, 0.2) is 10.9 Å². The van der Waals surface area contributed by atoms with Gasteiger partial charge in [-0.15, -0.1) is 0 Å². The second-order valence-corrected chi connectivity index (χ2v) is 9.51. The van der Waals surface area contributed by atoms with Gasteiger partial charge in [0.05, 0.1) is 11.1 Å². The number of nitrogens with zero attached hydrogens (tertiary/aromatic N) is 5. The summed E-state index contributed by atoms with van der Waals surface area (Å²) >= 11 is 1.51. The highest BCUT2D eigenvalue weighted by Crippen LogP contribution is 2.31. The largest absolute Gasteiger partial charge is 0.348 e. The number of nitrogens with one attached hydrogen (secondary N) is 1. The zero-order valence-corrected chi connectivity index (χ0v) is 18.5. The number of hydrogen-bond donors (Lipinski definition) is 1. The number of piperidine rings is 1. The summed E-state index contributed by atoms with van der Waals surface area (Å²) < 4.78 is 1.94. The molecule has 0 radical (unpaired) electrons. The van der Waals surface area contributed by atoms with Crippen LogP contribution in [0.4, 0.5) is 0 Å². The Labute approximate surface area is 175 Å². The number of likely N-dealkylation sites (tertiary alicyclic amines) is 1. The van der Waals surface area contributed by atoms with Crippen molar-refractivity contribution in [2.75, 3.05) is 26.4 Å². The number of amides is 1. The van der Waals surface area contributed by atoms with E-state index >= 15 is 0 Å². The second kappa shape index (κ2) is 7.57. The molecule has 0 spiro atoms. The molecule has 7 nitrogen and oxygen atoms in total. The Bertz CT molecular complexity index is 1060. The highest BCUT2D eigenvalue weighted by atomic mass is 32.2. The fraction of sp³-hybridized carbons (Fsp3) is 0.524. The Morgan fingerprint density at radius 1 is 1.24 bits per heavy atom. The van der Waals surface area contributed by atoms with Gasteiger partial charge in [0, 0.05) is 23.0 Å². The summed E-state index contributed by atoms with van der Waals surface area (Å²) in [6, 6.07) is 4.14. The third-order valence-corrected chi connectivity index (χ3v) is 6.02. The predicted molar refractivity (Wildman–Crippen MR) is 118 cm³/mol. The van der Waals surface area contributed by atoms with Gasteiger partial charge in [-0.2, -0.15) is 5.10 Å². The first-order chi connectivity index (χ1) is 13.8. The molecule has 3 aromatic rings. The van der Waals surface area contributed by atoms with Gasteiger partial charge in [-0.1, -0.05) is 17.8 Å². The van der Waals surface area contributed by atoms with E-state index in [1.807, 2.05) is 29.3 Å². The Morgan fingerprint density at radius 2 is 1.97 bits per heavy atom.